The minimum atomic E-state index is -0.246. The number of H-pyrrole nitrogens is 1. The molecule has 0 aliphatic carbocycles. The second kappa shape index (κ2) is 7.64. The van der Waals surface area contributed by atoms with Crippen LogP contribution in [0.15, 0.2) is 29.1 Å². The fourth-order valence-electron chi connectivity index (χ4n) is 2.88. The van der Waals surface area contributed by atoms with Gasteiger partial charge in [0, 0.05) is 17.7 Å². The summed E-state index contributed by atoms with van der Waals surface area (Å²) in [6.07, 6.45) is 0.329. The van der Waals surface area contributed by atoms with E-state index in [1.807, 2.05) is 19.9 Å². The Balaban J connectivity index is 2.07. The summed E-state index contributed by atoms with van der Waals surface area (Å²) in [6.45, 7) is 7.61. The number of nitriles is 1. The molecule has 0 spiro atoms. The van der Waals surface area contributed by atoms with E-state index in [2.05, 4.69) is 21.1 Å². The molecule has 2 heterocycles. The molecule has 8 nitrogen and oxygen atoms in total. The van der Waals surface area contributed by atoms with Crippen molar-refractivity contribution in [1.82, 2.24) is 19.6 Å². The van der Waals surface area contributed by atoms with Crippen molar-refractivity contribution in [3.63, 3.8) is 0 Å². The fraction of sp³-hybridized carbons (Fsp3) is 0.350. The first kappa shape index (κ1) is 19.3. The third kappa shape index (κ3) is 3.78. The minimum absolute atomic E-state index is 0.127. The van der Waals surface area contributed by atoms with Crippen LogP contribution >= 0.6 is 0 Å². The maximum atomic E-state index is 12.9. The second-order valence-corrected chi connectivity index (χ2v) is 7.20. The molecule has 8 heteroatoms. The lowest BCUT2D eigenvalue weighted by Crippen LogP contribution is -2.32. The zero-order valence-corrected chi connectivity index (χ0v) is 16.4. The number of hydrogen-bond acceptors (Lipinski definition) is 5. The largest absolute Gasteiger partial charge is 0.277 e. The van der Waals surface area contributed by atoms with Crippen LogP contribution in [0.2, 0.25) is 0 Å². The van der Waals surface area contributed by atoms with Gasteiger partial charge < -0.3 is 0 Å². The predicted molar refractivity (Wildman–Crippen MR) is 105 cm³/mol. The van der Waals surface area contributed by atoms with Crippen molar-refractivity contribution >= 4 is 17.6 Å². The average molecular weight is 378 g/mol. The van der Waals surface area contributed by atoms with Crippen LogP contribution in [0.3, 0.4) is 0 Å². The normalized spacial score (nSPS) is 11.0. The number of anilines is 1. The highest BCUT2D eigenvalue weighted by Crippen LogP contribution is 2.18. The van der Waals surface area contributed by atoms with E-state index in [0.29, 0.717) is 23.2 Å². The van der Waals surface area contributed by atoms with Crippen molar-refractivity contribution in [2.24, 2.45) is 5.92 Å². The third-order valence-corrected chi connectivity index (χ3v) is 4.49. The lowest BCUT2D eigenvalue weighted by Gasteiger charge is -2.21. The van der Waals surface area contributed by atoms with Gasteiger partial charge in [-0.1, -0.05) is 26.0 Å². The van der Waals surface area contributed by atoms with Gasteiger partial charge in [0.05, 0.1) is 18.2 Å². The molecule has 0 aliphatic heterocycles. The van der Waals surface area contributed by atoms with Crippen LogP contribution in [-0.4, -0.2) is 25.5 Å². The highest BCUT2D eigenvalue weighted by Gasteiger charge is 2.22. The number of aromatic amines is 1. The van der Waals surface area contributed by atoms with Gasteiger partial charge in [0.25, 0.3) is 11.3 Å². The maximum absolute atomic E-state index is 12.9. The molecule has 0 saturated heterocycles. The van der Waals surface area contributed by atoms with Crippen LogP contribution in [0.4, 0.5) is 5.95 Å². The molecule has 1 aromatic carbocycles. The molecule has 3 aromatic rings. The first-order chi connectivity index (χ1) is 13.3. The van der Waals surface area contributed by atoms with Gasteiger partial charge in [-0.25, -0.2) is 4.98 Å². The fourth-order valence-corrected chi connectivity index (χ4v) is 2.88. The number of carbonyl (C=O) groups is 1. The van der Waals surface area contributed by atoms with Gasteiger partial charge in [-0.2, -0.15) is 14.8 Å². The van der Waals surface area contributed by atoms with Crippen molar-refractivity contribution in [3.05, 3.63) is 57.0 Å². The number of rotatable bonds is 5. The number of nitrogens with one attached hydrogen (secondary N) is 1. The molecule has 2 aromatic heterocycles. The molecule has 1 amide bonds. The molecule has 0 fully saturated rings. The van der Waals surface area contributed by atoms with E-state index in [0.717, 1.165) is 5.56 Å². The Kier molecular flexibility index (Phi) is 5.27. The van der Waals surface area contributed by atoms with Gasteiger partial charge in [-0.3, -0.25) is 19.6 Å². The molecule has 3 rings (SSSR count). The summed E-state index contributed by atoms with van der Waals surface area (Å²) in [4.78, 5) is 35.6. The van der Waals surface area contributed by atoms with Gasteiger partial charge in [0.2, 0.25) is 11.9 Å². The van der Waals surface area contributed by atoms with Crippen molar-refractivity contribution in [2.45, 2.75) is 40.7 Å². The summed E-state index contributed by atoms with van der Waals surface area (Å²) in [6, 6.07) is 9.16. The molecule has 0 saturated carbocycles. The Morgan fingerprint density at radius 1 is 1.32 bits per heavy atom. The maximum Gasteiger partial charge on any atom is 0.277 e. The van der Waals surface area contributed by atoms with E-state index in [4.69, 9.17) is 5.26 Å². The van der Waals surface area contributed by atoms with Crippen LogP contribution in [0.1, 0.15) is 42.7 Å². The minimum Gasteiger partial charge on any atom is -0.277 e. The number of amides is 1. The molecule has 0 aliphatic rings. The van der Waals surface area contributed by atoms with E-state index in [-0.39, 0.29) is 35.7 Å². The number of benzene rings is 1. The van der Waals surface area contributed by atoms with Crippen molar-refractivity contribution in [2.75, 3.05) is 4.90 Å². The highest BCUT2D eigenvalue weighted by molar-refractivity contribution is 5.91. The van der Waals surface area contributed by atoms with Gasteiger partial charge in [-0.05, 0) is 37.5 Å². The molecule has 28 heavy (non-hydrogen) atoms. The Morgan fingerprint density at radius 3 is 2.75 bits per heavy atom. The Labute approximate surface area is 162 Å². The lowest BCUT2D eigenvalue weighted by molar-refractivity contribution is -0.119. The van der Waals surface area contributed by atoms with E-state index in [9.17, 15) is 9.59 Å². The van der Waals surface area contributed by atoms with E-state index in [1.165, 1.54) is 9.42 Å². The Bertz CT molecular complexity index is 1140. The summed E-state index contributed by atoms with van der Waals surface area (Å²) >= 11 is 0. The number of carbonyl (C=O) groups excluding carboxylic acids is 1. The van der Waals surface area contributed by atoms with Crippen LogP contribution in [0.25, 0.3) is 5.78 Å². The lowest BCUT2D eigenvalue weighted by atomic mass is 10.1. The standard InChI is InChI=1S/C20H22N6O2/c1-12(2)8-17(27)25(11-16-7-5-6-15(9-16)10-21)20-23-19-22-14(4)13(3)18(28)26(19)24-20/h5-7,9,12H,8,11H2,1-4H3,(H,22,23,24). The number of fused-ring (bicyclic) bond motifs is 1. The van der Waals surface area contributed by atoms with E-state index in [1.54, 1.807) is 32.0 Å². The smallest absolute Gasteiger partial charge is 0.277 e. The molecule has 0 bridgehead atoms. The summed E-state index contributed by atoms with van der Waals surface area (Å²) in [5.74, 6) is 0.506. The Hall–Kier alpha value is -3.47. The van der Waals surface area contributed by atoms with Gasteiger partial charge in [0.15, 0.2) is 0 Å². The van der Waals surface area contributed by atoms with E-state index < -0.39 is 0 Å². The summed E-state index contributed by atoms with van der Waals surface area (Å²) in [5, 5.41) is 12.0. The van der Waals surface area contributed by atoms with Crippen LogP contribution in [-0.2, 0) is 11.3 Å². The molecule has 1 N–H and O–H groups in total. The monoisotopic (exact) mass is 378 g/mol. The van der Waals surface area contributed by atoms with Crippen LogP contribution < -0.4 is 10.5 Å². The summed E-state index contributed by atoms with van der Waals surface area (Å²) in [7, 11) is 0. The van der Waals surface area contributed by atoms with Gasteiger partial charge in [-0.15, -0.1) is 0 Å². The zero-order valence-electron chi connectivity index (χ0n) is 16.4. The number of aryl methyl sites for hydroxylation is 1. The second-order valence-electron chi connectivity index (χ2n) is 7.20. The molecule has 144 valence electrons. The molecule has 0 radical (unpaired) electrons. The molecular formula is C20H22N6O2. The zero-order chi connectivity index (χ0) is 20.4. The van der Waals surface area contributed by atoms with Crippen molar-refractivity contribution < 1.29 is 4.79 Å². The highest BCUT2D eigenvalue weighted by atomic mass is 16.2. The topological polar surface area (TPSA) is 107 Å². The summed E-state index contributed by atoms with van der Waals surface area (Å²) in [5.41, 5.74) is 2.19. The number of aromatic nitrogens is 4. The van der Waals surface area contributed by atoms with Crippen LogP contribution in [0, 0.1) is 31.1 Å². The first-order valence-electron chi connectivity index (χ1n) is 9.05. The van der Waals surface area contributed by atoms with Crippen molar-refractivity contribution in [3.8, 4) is 6.07 Å². The first-order valence-corrected chi connectivity index (χ1v) is 9.05. The summed E-state index contributed by atoms with van der Waals surface area (Å²) < 4.78 is 1.25. The average Bonchev–Trinajstić information content (AvgIpc) is 3.07. The molecule has 0 atom stereocenters. The van der Waals surface area contributed by atoms with E-state index >= 15 is 0 Å². The Morgan fingerprint density at radius 2 is 2.07 bits per heavy atom. The van der Waals surface area contributed by atoms with Crippen LogP contribution in [0.5, 0.6) is 0 Å². The molecule has 0 unspecified atom stereocenters. The number of nitrogens with zero attached hydrogens (tertiary/aromatic N) is 5. The van der Waals surface area contributed by atoms with Crippen molar-refractivity contribution in [1.29, 1.82) is 5.26 Å². The number of hydrogen-bond donors (Lipinski definition) is 1. The third-order valence-electron chi connectivity index (χ3n) is 4.49. The van der Waals surface area contributed by atoms with Gasteiger partial charge in [0.1, 0.15) is 0 Å². The SMILES string of the molecule is Cc1nc2nc(N(Cc3cccc(C#N)c3)C(=O)CC(C)C)[nH]n2c(=O)c1C. The predicted octanol–water partition coefficient (Wildman–Crippen LogP) is 2.49. The van der Waals surface area contributed by atoms with Gasteiger partial charge >= 0.3 is 0 Å². The molecular weight excluding hydrogens is 356 g/mol. The quantitative estimate of drug-likeness (QED) is 0.734.